The molecule has 2 atom stereocenters. The second kappa shape index (κ2) is 7.33. The zero-order chi connectivity index (χ0) is 20.7. The molecule has 1 fully saturated rings. The number of hydrogen-bond acceptors (Lipinski definition) is 6. The standard InChI is InChI=1S/C18H20Cl2N2O6/c1-4-26-14(23)12-10(7-27-15(24)17(3)8-18(17,19)20)21-16(25)22-13(12)11-6-5-9(2)28-11/h5-6,13H,4,7-8H2,1-3H3,(H2,21,22,25). The van der Waals surface area contributed by atoms with E-state index in [-0.39, 0.29) is 30.9 Å². The molecule has 10 heteroatoms. The first-order chi connectivity index (χ1) is 13.1. The van der Waals surface area contributed by atoms with Gasteiger partial charge in [0, 0.05) is 6.42 Å². The number of ether oxygens (including phenoxy) is 2. The quantitative estimate of drug-likeness (QED) is 0.530. The van der Waals surface area contributed by atoms with E-state index < -0.39 is 33.8 Å². The fraction of sp³-hybridized carbons (Fsp3) is 0.500. The van der Waals surface area contributed by atoms with Crippen LogP contribution in [-0.2, 0) is 19.1 Å². The van der Waals surface area contributed by atoms with Crippen molar-refractivity contribution in [2.24, 2.45) is 5.41 Å². The number of rotatable bonds is 6. The lowest BCUT2D eigenvalue weighted by Crippen LogP contribution is -2.47. The van der Waals surface area contributed by atoms with E-state index in [0.717, 1.165) is 0 Å². The van der Waals surface area contributed by atoms with Crippen LogP contribution in [-0.4, -0.2) is 35.5 Å². The Morgan fingerprint density at radius 1 is 1.32 bits per heavy atom. The van der Waals surface area contributed by atoms with Crippen molar-refractivity contribution in [1.29, 1.82) is 0 Å². The Labute approximate surface area is 171 Å². The van der Waals surface area contributed by atoms with Gasteiger partial charge in [-0.25, -0.2) is 9.59 Å². The summed E-state index contributed by atoms with van der Waals surface area (Å²) in [5.41, 5.74) is -0.837. The highest BCUT2D eigenvalue weighted by molar-refractivity contribution is 6.53. The highest BCUT2D eigenvalue weighted by Crippen LogP contribution is 2.64. The smallest absolute Gasteiger partial charge is 0.338 e. The van der Waals surface area contributed by atoms with E-state index in [0.29, 0.717) is 11.5 Å². The van der Waals surface area contributed by atoms with Gasteiger partial charge in [0.1, 0.15) is 33.9 Å². The third kappa shape index (κ3) is 3.71. The van der Waals surface area contributed by atoms with Crippen LogP contribution in [0.15, 0.2) is 27.8 Å². The summed E-state index contributed by atoms with van der Waals surface area (Å²) in [6.07, 6.45) is 0.258. The van der Waals surface area contributed by atoms with Gasteiger partial charge in [0.25, 0.3) is 0 Å². The fourth-order valence-corrected chi connectivity index (χ4v) is 3.61. The summed E-state index contributed by atoms with van der Waals surface area (Å²) in [6.45, 7) is 4.77. The topological polar surface area (TPSA) is 107 Å². The molecule has 28 heavy (non-hydrogen) atoms. The van der Waals surface area contributed by atoms with Crippen molar-refractivity contribution in [2.75, 3.05) is 13.2 Å². The molecule has 1 aliphatic heterocycles. The van der Waals surface area contributed by atoms with E-state index in [1.165, 1.54) is 0 Å². The first-order valence-electron chi connectivity index (χ1n) is 8.68. The van der Waals surface area contributed by atoms with Gasteiger partial charge in [-0.3, -0.25) is 4.79 Å². The monoisotopic (exact) mass is 430 g/mol. The lowest BCUT2D eigenvalue weighted by atomic mass is 10.0. The maximum atomic E-state index is 12.6. The van der Waals surface area contributed by atoms with Crippen LogP contribution >= 0.6 is 23.2 Å². The Balaban J connectivity index is 1.89. The molecule has 8 nitrogen and oxygen atoms in total. The Kier molecular flexibility index (Phi) is 5.38. The lowest BCUT2D eigenvalue weighted by Gasteiger charge is -2.28. The van der Waals surface area contributed by atoms with Crippen LogP contribution in [0.5, 0.6) is 0 Å². The molecular formula is C18H20Cl2N2O6. The predicted molar refractivity (Wildman–Crippen MR) is 99.6 cm³/mol. The molecule has 2 N–H and O–H groups in total. The maximum absolute atomic E-state index is 12.6. The molecule has 2 unspecified atom stereocenters. The Hall–Kier alpha value is -2.19. The van der Waals surface area contributed by atoms with E-state index in [4.69, 9.17) is 37.1 Å². The fourth-order valence-electron chi connectivity index (χ4n) is 2.92. The van der Waals surface area contributed by atoms with E-state index in [9.17, 15) is 14.4 Å². The first-order valence-corrected chi connectivity index (χ1v) is 9.43. The number of hydrogen-bond donors (Lipinski definition) is 2. The summed E-state index contributed by atoms with van der Waals surface area (Å²) in [5, 5.41) is 5.13. The van der Waals surface area contributed by atoms with Crippen LogP contribution in [0.4, 0.5) is 4.79 Å². The average Bonchev–Trinajstić information content (AvgIpc) is 2.92. The number of urea groups is 1. The first kappa shape index (κ1) is 20.5. The average molecular weight is 431 g/mol. The highest BCUT2D eigenvalue weighted by atomic mass is 35.5. The second-order valence-corrected chi connectivity index (χ2v) is 8.37. The molecule has 2 amide bonds. The predicted octanol–water partition coefficient (Wildman–Crippen LogP) is 2.89. The summed E-state index contributed by atoms with van der Waals surface area (Å²) < 4.78 is 14.8. The molecule has 1 aromatic heterocycles. The van der Waals surface area contributed by atoms with E-state index in [2.05, 4.69) is 10.6 Å². The van der Waals surface area contributed by atoms with Gasteiger partial charge in [0.15, 0.2) is 0 Å². The summed E-state index contributed by atoms with van der Waals surface area (Å²) >= 11 is 12.0. The number of carbonyl (C=O) groups excluding carboxylic acids is 3. The van der Waals surface area contributed by atoms with Crippen LogP contribution in [0, 0.1) is 12.3 Å². The summed E-state index contributed by atoms with van der Waals surface area (Å²) in [4.78, 5) is 37.0. The Bertz CT molecular complexity index is 862. The molecule has 1 aliphatic carbocycles. The van der Waals surface area contributed by atoms with Gasteiger partial charge >= 0.3 is 18.0 Å². The maximum Gasteiger partial charge on any atom is 0.338 e. The lowest BCUT2D eigenvalue weighted by molar-refractivity contribution is -0.149. The number of aryl methyl sites for hydroxylation is 1. The molecule has 0 aromatic carbocycles. The number of carbonyl (C=O) groups is 3. The molecule has 0 spiro atoms. The molecule has 0 radical (unpaired) electrons. The number of alkyl halides is 2. The number of esters is 2. The van der Waals surface area contributed by atoms with Gasteiger partial charge in [-0.15, -0.1) is 23.2 Å². The minimum Gasteiger partial charge on any atom is -0.464 e. The molecule has 1 aromatic rings. The van der Waals surface area contributed by atoms with Crippen molar-refractivity contribution in [3.63, 3.8) is 0 Å². The van der Waals surface area contributed by atoms with Crippen LogP contribution in [0.1, 0.15) is 37.8 Å². The van der Waals surface area contributed by atoms with Crippen molar-refractivity contribution < 1.29 is 28.3 Å². The zero-order valence-electron chi connectivity index (χ0n) is 15.6. The SMILES string of the molecule is CCOC(=O)C1=C(COC(=O)C2(C)CC2(Cl)Cl)NC(=O)NC1c1ccc(C)o1. The number of furan rings is 1. The third-order valence-electron chi connectivity index (χ3n) is 4.75. The Morgan fingerprint density at radius 2 is 2.00 bits per heavy atom. The van der Waals surface area contributed by atoms with Crippen LogP contribution < -0.4 is 10.6 Å². The van der Waals surface area contributed by atoms with Crippen molar-refractivity contribution >= 4 is 41.2 Å². The number of nitrogens with one attached hydrogen (secondary N) is 2. The summed E-state index contributed by atoms with van der Waals surface area (Å²) in [7, 11) is 0. The summed E-state index contributed by atoms with van der Waals surface area (Å²) in [6, 6.07) is 1.90. The molecule has 1 saturated carbocycles. The van der Waals surface area contributed by atoms with Gasteiger partial charge in [0.05, 0.1) is 17.9 Å². The van der Waals surface area contributed by atoms with Crippen molar-refractivity contribution in [2.45, 2.75) is 37.6 Å². The van der Waals surface area contributed by atoms with Gasteiger partial charge in [0.2, 0.25) is 0 Å². The molecule has 0 bridgehead atoms. The van der Waals surface area contributed by atoms with E-state index in [1.807, 2.05) is 0 Å². The minimum atomic E-state index is -1.19. The highest BCUT2D eigenvalue weighted by Gasteiger charge is 2.69. The molecule has 0 saturated heterocycles. The number of halogens is 2. The van der Waals surface area contributed by atoms with Gasteiger partial charge in [-0.2, -0.15) is 0 Å². The molecular weight excluding hydrogens is 411 g/mol. The van der Waals surface area contributed by atoms with Crippen molar-refractivity contribution in [1.82, 2.24) is 10.6 Å². The normalized spacial score (nSPS) is 25.6. The van der Waals surface area contributed by atoms with Crippen LogP contribution in [0.25, 0.3) is 0 Å². The van der Waals surface area contributed by atoms with Crippen molar-refractivity contribution in [3.05, 3.63) is 34.9 Å². The zero-order valence-corrected chi connectivity index (χ0v) is 17.1. The van der Waals surface area contributed by atoms with Gasteiger partial charge in [-0.05, 0) is 32.9 Å². The third-order valence-corrected chi connectivity index (χ3v) is 5.85. The summed E-state index contributed by atoms with van der Waals surface area (Å²) in [5.74, 6) is -0.316. The molecule has 2 aliphatic rings. The van der Waals surface area contributed by atoms with Gasteiger partial charge in [-0.1, -0.05) is 0 Å². The minimum absolute atomic E-state index is 0.0903. The second-order valence-electron chi connectivity index (χ2n) is 6.88. The Morgan fingerprint density at radius 3 is 2.54 bits per heavy atom. The van der Waals surface area contributed by atoms with Gasteiger partial charge < -0.3 is 24.5 Å². The molecule has 2 heterocycles. The molecule has 152 valence electrons. The van der Waals surface area contributed by atoms with Crippen molar-refractivity contribution in [3.8, 4) is 0 Å². The van der Waals surface area contributed by atoms with E-state index in [1.54, 1.807) is 32.9 Å². The van der Waals surface area contributed by atoms with Crippen LogP contribution in [0.3, 0.4) is 0 Å². The molecule has 3 rings (SSSR count). The van der Waals surface area contributed by atoms with Crippen LogP contribution in [0.2, 0.25) is 0 Å². The van der Waals surface area contributed by atoms with E-state index >= 15 is 0 Å². The largest absolute Gasteiger partial charge is 0.464 e. The number of amides is 2.